The van der Waals surface area contributed by atoms with Gasteiger partial charge in [-0.15, -0.1) is 11.3 Å². The highest BCUT2D eigenvalue weighted by Crippen LogP contribution is 2.16. The van der Waals surface area contributed by atoms with Crippen LogP contribution in [0.15, 0.2) is 5.38 Å². The van der Waals surface area contributed by atoms with Crippen molar-refractivity contribution in [3.05, 3.63) is 16.1 Å². The Hall–Kier alpha value is -0.740. The summed E-state index contributed by atoms with van der Waals surface area (Å²) >= 11 is 1.60. The molecule has 1 fully saturated rings. The SMILES string of the molecule is CC(=O)c1csc(CN2CCCCC2)n1. The monoisotopic (exact) mass is 224 g/mol. The fourth-order valence-corrected chi connectivity index (χ4v) is 2.73. The topological polar surface area (TPSA) is 33.2 Å². The van der Waals surface area contributed by atoms with Crippen LogP contribution in [0.5, 0.6) is 0 Å². The van der Waals surface area contributed by atoms with Gasteiger partial charge >= 0.3 is 0 Å². The number of likely N-dealkylation sites (tertiary alicyclic amines) is 1. The number of thiazole rings is 1. The lowest BCUT2D eigenvalue weighted by atomic mass is 10.1. The summed E-state index contributed by atoms with van der Waals surface area (Å²) in [6, 6.07) is 0. The number of carbonyl (C=O) groups is 1. The number of rotatable bonds is 3. The molecule has 1 aliphatic heterocycles. The molecule has 4 heteroatoms. The molecule has 0 bridgehead atoms. The quantitative estimate of drug-likeness (QED) is 0.739. The summed E-state index contributed by atoms with van der Waals surface area (Å²) in [7, 11) is 0. The van der Waals surface area contributed by atoms with Crippen LogP contribution in [0, 0.1) is 0 Å². The van der Waals surface area contributed by atoms with Gasteiger partial charge in [0.25, 0.3) is 0 Å². The third kappa shape index (κ3) is 2.86. The third-order valence-corrected chi connectivity index (χ3v) is 3.55. The normalized spacial score (nSPS) is 17.9. The first kappa shape index (κ1) is 10.8. The van der Waals surface area contributed by atoms with E-state index in [2.05, 4.69) is 9.88 Å². The van der Waals surface area contributed by atoms with Crippen molar-refractivity contribution >= 4 is 17.1 Å². The van der Waals surface area contributed by atoms with Gasteiger partial charge < -0.3 is 0 Å². The number of piperidine rings is 1. The van der Waals surface area contributed by atoms with Gasteiger partial charge in [-0.05, 0) is 25.9 Å². The Bertz CT molecular complexity index is 342. The molecule has 0 N–H and O–H groups in total. The van der Waals surface area contributed by atoms with E-state index in [0.29, 0.717) is 5.69 Å². The van der Waals surface area contributed by atoms with Crippen molar-refractivity contribution in [1.82, 2.24) is 9.88 Å². The molecule has 2 rings (SSSR count). The van der Waals surface area contributed by atoms with E-state index < -0.39 is 0 Å². The molecular formula is C11H16N2OS. The van der Waals surface area contributed by atoms with Crippen molar-refractivity contribution < 1.29 is 4.79 Å². The molecule has 1 aliphatic rings. The lowest BCUT2D eigenvalue weighted by Gasteiger charge is -2.25. The Morgan fingerprint density at radius 2 is 2.20 bits per heavy atom. The first-order valence-corrected chi connectivity index (χ1v) is 6.31. The highest BCUT2D eigenvalue weighted by molar-refractivity contribution is 7.09. The second-order valence-corrected chi connectivity index (χ2v) is 4.96. The van der Waals surface area contributed by atoms with Crippen molar-refractivity contribution in [2.45, 2.75) is 32.7 Å². The van der Waals surface area contributed by atoms with Crippen LogP contribution < -0.4 is 0 Å². The van der Waals surface area contributed by atoms with Gasteiger partial charge in [0.15, 0.2) is 5.78 Å². The minimum Gasteiger partial charge on any atom is -0.297 e. The summed E-state index contributed by atoms with van der Waals surface area (Å²) in [5.41, 5.74) is 0.618. The summed E-state index contributed by atoms with van der Waals surface area (Å²) in [5, 5.41) is 2.93. The van der Waals surface area contributed by atoms with Crippen molar-refractivity contribution in [3.8, 4) is 0 Å². The Kier molecular flexibility index (Phi) is 3.49. The molecule has 0 amide bonds. The predicted molar refractivity (Wildman–Crippen MR) is 61.2 cm³/mol. The first-order valence-electron chi connectivity index (χ1n) is 5.43. The molecule has 3 nitrogen and oxygen atoms in total. The Balaban J connectivity index is 1.94. The van der Waals surface area contributed by atoms with Crippen LogP contribution in [0.3, 0.4) is 0 Å². The summed E-state index contributed by atoms with van der Waals surface area (Å²) < 4.78 is 0. The van der Waals surface area contributed by atoms with Gasteiger partial charge in [-0.1, -0.05) is 6.42 Å². The number of hydrogen-bond donors (Lipinski definition) is 0. The summed E-state index contributed by atoms with van der Waals surface area (Å²) in [4.78, 5) is 17.8. The fraction of sp³-hybridized carbons (Fsp3) is 0.636. The van der Waals surface area contributed by atoms with E-state index in [0.717, 1.165) is 11.6 Å². The highest BCUT2D eigenvalue weighted by Gasteiger charge is 2.13. The minimum atomic E-state index is 0.0659. The highest BCUT2D eigenvalue weighted by atomic mass is 32.1. The van der Waals surface area contributed by atoms with Crippen LogP contribution in [0.4, 0.5) is 0 Å². The molecule has 0 unspecified atom stereocenters. The van der Waals surface area contributed by atoms with Gasteiger partial charge in [0.1, 0.15) is 10.7 Å². The van der Waals surface area contributed by atoms with Gasteiger partial charge in [0.05, 0.1) is 6.54 Å². The molecule has 0 radical (unpaired) electrons. The molecule has 2 heterocycles. The second-order valence-electron chi connectivity index (χ2n) is 4.02. The van der Waals surface area contributed by atoms with Crippen LogP contribution >= 0.6 is 11.3 Å². The molecule has 1 saturated heterocycles. The van der Waals surface area contributed by atoms with Gasteiger partial charge in [0.2, 0.25) is 0 Å². The zero-order valence-electron chi connectivity index (χ0n) is 9.03. The number of nitrogens with zero attached hydrogens (tertiary/aromatic N) is 2. The van der Waals surface area contributed by atoms with Crippen LogP contribution in [-0.2, 0) is 6.54 Å². The van der Waals surface area contributed by atoms with Crippen LogP contribution in [0.25, 0.3) is 0 Å². The Labute approximate surface area is 94.1 Å². The molecule has 0 atom stereocenters. The summed E-state index contributed by atoms with van der Waals surface area (Å²) in [5.74, 6) is 0.0659. The van der Waals surface area contributed by atoms with Crippen molar-refractivity contribution in [2.75, 3.05) is 13.1 Å². The van der Waals surface area contributed by atoms with E-state index in [1.807, 2.05) is 5.38 Å². The average molecular weight is 224 g/mol. The molecule has 0 aliphatic carbocycles. The van der Waals surface area contributed by atoms with Crippen LogP contribution in [0.1, 0.15) is 41.7 Å². The molecule has 0 aromatic carbocycles. The first-order chi connectivity index (χ1) is 7.25. The zero-order valence-corrected chi connectivity index (χ0v) is 9.85. The molecule has 0 spiro atoms. The molecule has 0 saturated carbocycles. The molecule has 15 heavy (non-hydrogen) atoms. The van der Waals surface area contributed by atoms with Gasteiger partial charge in [-0.3, -0.25) is 9.69 Å². The maximum atomic E-state index is 11.1. The van der Waals surface area contributed by atoms with E-state index in [1.165, 1.54) is 32.4 Å². The second kappa shape index (κ2) is 4.86. The van der Waals surface area contributed by atoms with Crippen LogP contribution in [-0.4, -0.2) is 28.8 Å². The molecular weight excluding hydrogens is 208 g/mol. The fourth-order valence-electron chi connectivity index (χ4n) is 1.85. The van der Waals surface area contributed by atoms with Crippen molar-refractivity contribution in [2.24, 2.45) is 0 Å². The lowest BCUT2D eigenvalue weighted by molar-refractivity contribution is 0.101. The maximum Gasteiger partial charge on any atom is 0.178 e. The predicted octanol–water partition coefficient (Wildman–Crippen LogP) is 2.33. The van der Waals surface area contributed by atoms with Crippen LogP contribution in [0.2, 0.25) is 0 Å². The van der Waals surface area contributed by atoms with Crippen molar-refractivity contribution in [1.29, 1.82) is 0 Å². The molecule has 82 valence electrons. The van der Waals surface area contributed by atoms with Crippen molar-refractivity contribution in [3.63, 3.8) is 0 Å². The standard InChI is InChI=1S/C11H16N2OS/c1-9(14)10-8-15-11(12-10)7-13-5-3-2-4-6-13/h8H,2-7H2,1H3. The number of aromatic nitrogens is 1. The average Bonchev–Trinajstić information content (AvgIpc) is 2.68. The van der Waals surface area contributed by atoms with E-state index in [1.54, 1.807) is 18.3 Å². The zero-order chi connectivity index (χ0) is 10.7. The molecule has 1 aromatic heterocycles. The third-order valence-electron chi connectivity index (χ3n) is 2.72. The van der Waals surface area contributed by atoms with E-state index in [9.17, 15) is 4.79 Å². The number of ketones is 1. The Morgan fingerprint density at radius 1 is 1.47 bits per heavy atom. The van der Waals surface area contributed by atoms with E-state index >= 15 is 0 Å². The lowest BCUT2D eigenvalue weighted by Crippen LogP contribution is -2.29. The summed E-state index contributed by atoms with van der Waals surface area (Å²) in [6.45, 7) is 4.83. The number of carbonyl (C=O) groups excluding carboxylic acids is 1. The minimum absolute atomic E-state index is 0.0659. The van der Waals surface area contributed by atoms with Gasteiger partial charge in [0, 0.05) is 12.3 Å². The number of hydrogen-bond acceptors (Lipinski definition) is 4. The maximum absolute atomic E-state index is 11.1. The largest absolute Gasteiger partial charge is 0.297 e. The van der Waals surface area contributed by atoms with Gasteiger partial charge in [-0.2, -0.15) is 0 Å². The summed E-state index contributed by atoms with van der Waals surface area (Å²) in [6.07, 6.45) is 3.95. The molecule has 1 aromatic rings. The van der Waals surface area contributed by atoms with E-state index in [-0.39, 0.29) is 5.78 Å². The van der Waals surface area contributed by atoms with E-state index in [4.69, 9.17) is 0 Å². The smallest absolute Gasteiger partial charge is 0.178 e. The number of Topliss-reactive ketones (excluding diaryl/α,β-unsaturated/α-hetero) is 1. The Morgan fingerprint density at radius 3 is 2.80 bits per heavy atom. The van der Waals surface area contributed by atoms with Gasteiger partial charge in [-0.25, -0.2) is 4.98 Å².